The van der Waals surface area contributed by atoms with Gasteiger partial charge >= 0.3 is 0 Å². The summed E-state index contributed by atoms with van der Waals surface area (Å²) in [6, 6.07) is 3.66. The van der Waals surface area contributed by atoms with Gasteiger partial charge < -0.3 is 4.90 Å². The third-order valence-electron chi connectivity index (χ3n) is 5.61. The lowest BCUT2D eigenvalue weighted by Crippen LogP contribution is -2.37. The summed E-state index contributed by atoms with van der Waals surface area (Å²) in [4.78, 5) is 32.7. The van der Waals surface area contributed by atoms with Crippen molar-refractivity contribution in [3.63, 3.8) is 0 Å². The Morgan fingerprint density at radius 1 is 1.17 bits per heavy atom. The second-order valence-corrected chi connectivity index (χ2v) is 8.93. The van der Waals surface area contributed by atoms with Crippen LogP contribution in [-0.4, -0.2) is 37.6 Å². The van der Waals surface area contributed by atoms with Gasteiger partial charge in [0.05, 0.1) is 23.7 Å². The van der Waals surface area contributed by atoms with Gasteiger partial charge in [-0.15, -0.1) is 0 Å². The van der Waals surface area contributed by atoms with Crippen LogP contribution in [0.1, 0.15) is 45.1 Å². The summed E-state index contributed by atoms with van der Waals surface area (Å²) in [5.74, 6) is 2.21. The largest absolute Gasteiger partial charge is 0.356 e. The Balaban J connectivity index is 1.46. The first-order valence-corrected chi connectivity index (χ1v) is 10.2. The third-order valence-corrected chi connectivity index (χ3v) is 5.61. The minimum absolute atomic E-state index is 0.0391. The molecule has 0 atom stereocenters. The van der Waals surface area contributed by atoms with Crippen molar-refractivity contribution in [2.24, 2.45) is 5.92 Å². The average molecular weight is 393 g/mol. The summed E-state index contributed by atoms with van der Waals surface area (Å²) < 4.78 is 1.76. The van der Waals surface area contributed by atoms with E-state index in [1.165, 1.54) is 0 Å². The van der Waals surface area contributed by atoms with Gasteiger partial charge in [-0.1, -0.05) is 20.8 Å². The van der Waals surface area contributed by atoms with Crippen LogP contribution in [0.25, 0.3) is 10.9 Å². The zero-order valence-corrected chi connectivity index (χ0v) is 17.6. The van der Waals surface area contributed by atoms with Crippen molar-refractivity contribution in [3.05, 3.63) is 52.7 Å². The molecule has 0 unspecified atom stereocenters. The lowest BCUT2D eigenvalue weighted by Gasteiger charge is -2.33. The molecule has 3 aromatic rings. The van der Waals surface area contributed by atoms with E-state index in [0.717, 1.165) is 60.7 Å². The van der Waals surface area contributed by atoms with Crippen LogP contribution < -0.4 is 10.5 Å². The smallest absolute Gasteiger partial charge is 0.253 e. The Kier molecular flexibility index (Phi) is 5.06. The van der Waals surface area contributed by atoms with Crippen molar-refractivity contribution >= 4 is 16.7 Å². The van der Waals surface area contributed by atoms with E-state index in [0.29, 0.717) is 5.92 Å². The van der Waals surface area contributed by atoms with Gasteiger partial charge in [0.2, 0.25) is 0 Å². The first-order valence-electron chi connectivity index (χ1n) is 10.2. The van der Waals surface area contributed by atoms with Gasteiger partial charge in [0.15, 0.2) is 0 Å². The highest BCUT2D eigenvalue weighted by Gasteiger charge is 2.23. The number of hydrogen-bond donors (Lipinski definition) is 0. The normalized spacial score (nSPS) is 15.8. The minimum atomic E-state index is -0.114. The Bertz CT molecular complexity index is 1080. The summed E-state index contributed by atoms with van der Waals surface area (Å²) in [6.07, 6.45) is 7.33. The van der Waals surface area contributed by atoms with E-state index in [2.05, 4.69) is 40.6 Å². The van der Waals surface area contributed by atoms with Crippen molar-refractivity contribution in [3.8, 4) is 0 Å². The SMILES string of the molecule is Cc1nc(N2CCC(Cn3cnc(C(C)(C)C)cc3=O)CC2)c2ccncc2n1. The molecule has 7 nitrogen and oxygen atoms in total. The van der Waals surface area contributed by atoms with Gasteiger partial charge in [-0.3, -0.25) is 14.3 Å². The molecular formula is C22H28N6O. The van der Waals surface area contributed by atoms with E-state index in [-0.39, 0.29) is 11.0 Å². The van der Waals surface area contributed by atoms with Crippen LogP contribution in [0.4, 0.5) is 5.82 Å². The molecule has 1 saturated heterocycles. The number of rotatable bonds is 3. The zero-order valence-electron chi connectivity index (χ0n) is 17.6. The first-order chi connectivity index (χ1) is 13.8. The van der Waals surface area contributed by atoms with Crippen LogP contribution >= 0.6 is 0 Å². The Morgan fingerprint density at radius 2 is 1.93 bits per heavy atom. The minimum Gasteiger partial charge on any atom is -0.356 e. The van der Waals surface area contributed by atoms with E-state index in [9.17, 15) is 4.79 Å². The van der Waals surface area contributed by atoms with Crippen molar-refractivity contribution in [2.45, 2.75) is 52.5 Å². The number of anilines is 1. The molecule has 29 heavy (non-hydrogen) atoms. The van der Waals surface area contributed by atoms with Gasteiger partial charge in [-0.2, -0.15) is 0 Å². The van der Waals surface area contributed by atoms with E-state index in [1.807, 2.05) is 13.0 Å². The fourth-order valence-electron chi connectivity index (χ4n) is 3.90. The van der Waals surface area contributed by atoms with Crippen molar-refractivity contribution in [1.82, 2.24) is 24.5 Å². The quantitative estimate of drug-likeness (QED) is 0.682. The second kappa shape index (κ2) is 7.54. The summed E-state index contributed by atoms with van der Waals surface area (Å²) in [5, 5.41) is 1.04. The van der Waals surface area contributed by atoms with Crippen molar-refractivity contribution < 1.29 is 0 Å². The predicted octanol–water partition coefficient (Wildman–Crippen LogP) is 3.10. The summed E-state index contributed by atoms with van der Waals surface area (Å²) in [6.45, 7) is 10.7. The number of aryl methyl sites for hydroxylation is 1. The molecule has 0 aromatic carbocycles. The molecule has 1 aliphatic heterocycles. The fourth-order valence-corrected chi connectivity index (χ4v) is 3.90. The maximum atomic E-state index is 12.5. The standard InChI is InChI=1S/C22H28N6O/c1-15-25-18-12-23-8-5-17(18)21(26-15)27-9-6-16(7-10-27)13-28-14-24-19(11-20(28)29)22(2,3)4/h5,8,11-12,14,16H,6-7,9-10,13H2,1-4H3. The Labute approximate surface area is 170 Å². The summed E-state index contributed by atoms with van der Waals surface area (Å²) in [7, 11) is 0. The van der Waals surface area contributed by atoms with Crippen LogP contribution in [0, 0.1) is 12.8 Å². The van der Waals surface area contributed by atoms with Crippen LogP contribution in [0.3, 0.4) is 0 Å². The Hall–Kier alpha value is -2.83. The summed E-state index contributed by atoms with van der Waals surface area (Å²) >= 11 is 0. The molecule has 0 N–H and O–H groups in total. The van der Waals surface area contributed by atoms with Crippen LogP contribution in [0.5, 0.6) is 0 Å². The highest BCUT2D eigenvalue weighted by molar-refractivity contribution is 5.88. The highest BCUT2D eigenvalue weighted by atomic mass is 16.1. The van der Waals surface area contributed by atoms with Crippen LogP contribution in [0.2, 0.25) is 0 Å². The molecule has 3 aromatic heterocycles. The lowest BCUT2D eigenvalue weighted by molar-refractivity contribution is 0.349. The van der Waals surface area contributed by atoms with E-state index >= 15 is 0 Å². The van der Waals surface area contributed by atoms with Crippen LogP contribution in [-0.2, 0) is 12.0 Å². The van der Waals surface area contributed by atoms with E-state index in [4.69, 9.17) is 4.98 Å². The highest BCUT2D eigenvalue weighted by Crippen LogP contribution is 2.28. The van der Waals surface area contributed by atoms with Crippen molar-refractivity contribution in [2.75, 3.05) is 18.0 Å². The molecule has 4 rings (SSSR count). The topological polar surface area (TPSA) is 76.8 Å². The summed E-state index contributed by atoms with van der Waals surface area (Å²) in [5.41, 5.74) is 1.65. The lowest BCUT2D eigenvalue weighted by atomic mass is 9.92. The zero-order chi connectivity index (χ0) is 20.6. The number of hydrogen-bond acceptors (Lipinski definition) is 6. The van der Waals surface area contributed by atoms with Gasteiger partial charge in [-0.25, -0.2) is 15.0 Å². The number of pyridine rings is 1. The van der Waals surface area contributed by atoms with E-state index in [1.54, 1.807) is 29.4 Å². The van der Waals surface area contributed by atoms with Gasteiger partial charge in [0.1, 0.15) is 11.6 Å². The van der Waals surface area contributed by atoms with Crippen molar-refractivity contribution in [1.29, 1.82) is 0 Å². The molecular weight excluding hydrogens is 364 g/mol. The average Bonchev–Trinajstić information content (AvgIpc) is 2.68. The molecule has 0 aliphatic carbocycles. The maximum Gasteiger partial charge on any atom is 0.253 e. The molecule has 152 valence electrons. The maximum absolute atomic E-state index is 12.5. The van der Waals surface area contributed by atoms with Gasteiger partial charge in [-0.05, 0) is 31.7 Å². The first kappa shape index (κ1) is 19.5. The monoisotopic (exact) mass is 392 g/mol. The predicted molar refractivity (Wildman–Crippen MR) is 114 cm³/mol. The molecule has 1 aliphatic rings. The second-order valence-electron chi connectivity index (χ2n) is 8.93. The Morgan fingerprint density at radius 3 is 2.62 bits per heavy atom. The third kappa shape index (κ3) is 4.13. The van der Waals surface area contributed by atoms with Gasteiger partial charge in [0, 0.05) is 42.7 Å². The fraction of sp³-hybridized carbons (Fsp3) is 0.500. The van der Waals surface area contributed by atoms with Crippen LogP contribution in [0.15, 0.2) is 35.6 Å². The molecule has 0 saturated carbocycles. The number of piperidine rings is 1. The molecule has 4 heterocycles. The molecule has 0 bridgehead atoms. The van der Waals surface area contributed by atoms with E-state index < -0.39 is 0 Å². The molecule has 0 amide bonds. The molecule has 7 heteroatoms. The number of nitrogens with zero attached hydrogens (tertiary/aromatic N) is 6. The molecule has 0 spiro atoms. The number of fused-ring (bicyclic) bond motifs is 1. The van der Waals surface area contributed by atoms with Gasteiger partial charge in [0.25, 0.3) is 5.56 Å². The number of aromatic nitrogens is 5. The molecule has 1 fully saturated rings. The molecule has 0 radical (unpaired) electrons.